The highest BCUT2D eigenvalue weighted by molar-refractivity contribution is 4.92. The minimum atomic E-state index is -0.430. The summed E-state index contributed by atoms with van der Waals surface area (Å²) in [5, 5.41) is 13.2. The van der Waals surface area contributed by atoms with Crippen LogP contribution in [0.5, 0.6) is 0 Å². The van der Waals surface area contributed by atoms with Gasteiger partial charge in [-0.15, -0.1) is 0 Å². The maximum atomic E-state index is 9.24. The van der Waals surface area contributed by atoms with Gasteiger partial charge in [0.1, 0.15) is 0 Å². The van der Waals surface area contributed by atoms with Crippen molar-refractivity contribution in [3.05, 3.63) is 11.7 Å². The molecule has 1 aromatic rings. The van der Waals surface area contributed by atoms with E-state index in [0.717, 1.165) is 18.8 Å². The second-order valence-electron chi connectivity index (χ2n) is 4.99. The Balaban J connectivity index is 1.91. The highest BCUT2D eigenvalue weighted by atomic mass is 16.5. The fourth-order valence-electron chi connectivity index (χ4n) is 2.32. The summed E-state index contributed by atoms with van der Waals surface area (Å²) in [4.78, 5) is 6.68. The van der Waals surface area contributed by atoms with E-state index in [1.807, 2.05) is 0 Å². The molecule has 2 heterocycles. The van der Waals surface area contributed by atoms with Gasteiger partial charge in [0.15, 0.2) is 5.82 Å². The monoisotopic (exact) mass is 239 g/mol. The summed E-state index contributed by atoms with van der Waals surface area (Å²) in [7, 11) is 2.15. The second kappa shape index (κ2) is 5.60. The predicted octanol–water partition coefficient (Wildman–Crippen LogP) is 1.02. The lowest BCUT2D eigenvalue weighted by Gasteiger charge is -2.31. The molecule has 2 atom stereocenters. The predicted molar refractivity (Wildman–Crippen MR) is 63.7 cm³/mol. The number of hydrogen-bond donors (Lipinski definition) is 1. The molecule has 5 nitrogen and oxygen atoms in total. The van der Waals surface area contributed by atoms with E-state index >= 15 is 0 Å². The van der Waals surface area contributed by atoms with E-state index in [-0.39, 0.29) is 0 Å². The van der Waals surface area contributed by atoms with Crippen molar-refractivity contribution in [3.8, 4) is 0 Å². The van der Waals surface area contributed by atoms with Gasteiger partial charge in [-0.2, -0.15) is 4.98 Å². The normalized spacial score (nSPS) is 23.8. The minimum Gasteiger partial charge on any atom is -0.393 e. The molecular formula is C12H21N3O2. The molecule has 0 bridgehead atoms. The lowest BCUT2D eigenvalue weighted by molar-refractivity contribution is 0.179. The van der Waals surface area contributed by atoms with Crippen molar-refractivity contribution in [2.45, 2.75) is 51.2 Å². The van der Waals surface area contributed by atoms with Crippen LogP contribution in [-0.4, -0.2) is 45.9 Å². The third-order valence-electron chi connectivity index (χ3n) is 3.32. The standard InChI is InChI=1S/C12H21N3O2/c1-9(16)7-12-13-11(14-17-12)8-10-5-3-4-6-15(10)2/h9-10,16H,3-8H2,1-2H3. The van der Waals surface area contributed by atoms with Crippen LogP contribution in [0, 0.1) is 0 Å². The van der Waals surface area contributed by atoms with Gasteiger partial charge in [-0.1, -0.05) is 11.6 Å². The van der Waals surface area contributed by atoms with E-state index in [2.05, 4.69) is 22.1 Å². The molecule has 1 aliphatic rings. The maximum Gasteiger partial charge on any atom is 0.229 e. The molecule has 1 aliphatic heterocycles. The molecule has 1 aromatic heterocycles. The molecule has 0 radical (unpaired) electrons. The number of likely N-dealkylation sites (N-methyl/N-ethyl adjacent to an activating group) is 1. The van der Waals surface area contributed by atoms with Crippen molar-refractivity contribution >= 4 is 0 Å². The average molecular weight is 239 g/mol. The maximum absolute atomic E-state index is 9.24. The van der Waals surface area contributed by atoms with Gasteiger partial charge >= 0.3 is 0 Å². The van der Waals surface area contributed by atoms with E-state index < -0.39 is 6.10 Å². The first-order valence-electron chi connectivity index (χ1n) is 6.35. The van der Waals surface area contributed by atoms with Crippen LogP contribution in [0.3, 0.4) is 0 Å². The van der Waals surface area contributed by atoms with E-state index in [1.165, 1.54) is 19.3 Å². The number of rotatable bonds is 4. The number of aromatic nitrogens is 2. The van der Waals surface area contributed by atoms with E-state index in [4.69, 9.17) is 4.52 Å². The van der Waals surface area contributed by atoms with Gasteiger partial charge in [0, 0.05) is 12.5 Å². The van der Waals surface area contributed by atoms with Crippen molar-refractivity contribution in [2.75, 3.05) is 13.6 Å². The number of aliphatic hydroxyl groups is 1. The second-order valence-corrected chi connectivity index (χ2v) is 4.99. The topological polar surface area (TPSA) is 62.4 Å². The molecular weight excluding hydrogens is 218 g/mol. The third-order valence-corrected chi connectivity index (χ3v) is 3.32. The van der Waals surface area contributed by atoms with Crippen LogP contribution in [0.25, 0.3) is 0 Å². The first-order chi connectivity index (χ1) is 8.15. The first kappa shape index (κ1) is 12.5. The average Bonchev–Trinajstić information content (AvgIpc) is 2.68. The molecule has 0 aliphatic carbocycles. The van der Waals surface area contributed by atoms with Crippen molar-refractivity contribution in [3.63, 3.8) is 0 Å². The molecule has 2 unspecified atom stereocenters. The molecule has 1 N–H and O–H groups in total. The summed E-state index contributed by atoms with van der Waals surface area (Å²) < 4.78 is 5.11. The van der Waals surface area contributed by atoms with Crippen molar-refractivity contribution in [1.82, 2.24) is 15.0 Å². The number of hydrogen-bond acceptors (Lipinski definition) is 5. The van der Waals surface area contributed by atoms with Crippen LogP contribution in [0.2, 0.25) is 0 Å². The smallest absolute Gasteiger partial charge is 0.229 e. The SMILES string of the molecule is CC(O)Cc1nc(CC2CCCCN2C)no1. The zero-order valence-corrected chi connectivity index (χ0v) is 10.6. The molecule has 2 rings (SSSR count). The van der Waals surface area contributed by atoms with E-state index in [0.29, 0.717) is 18.4 Å². The lowest BCUT2D eigenvalue weighted by atomic mass is 10.00. The zero-order chi connectivity index (χ0) is 12.3. The van der Waals surface area contributed by atoms with E-state index in [1.54, 1.807) is 6.92 Å². The van der Waals surface area contributed by atoms with Crippen LogP contribution in [-0.2, 0) is 12.8 Å². The summed E-state index contributed by atoms with van der Waals surface area (Å²) in [6.45, 7) is 2.88. The molecule has 17 heavy (non-hydrogen) atoms. The number of piperidine rings is 1. The van der Waals surface area contributed by atoms with Gasteiger partial charge in [0.2, 0.25) is 5.89 Å². The zero-order valence-electron chi connectivity index (χ0n) is 10.6. The van der Waals surface area contributed by atoms with Gasteiger partial charge in [-0.05, 0) is 33.4 Å². The Labute approximate surface area is 102 Å². The summed E-state index contributed by atoms with van der Waals surface area (Å²) in [6, 6.07) is 0.528. The number of aliphatic hydroxyl groups excluding tert-OH is 1. The van der Waals surface area contributed by atoms with Gasteiger partial charge in [0.25, 0.3) is 0 Å². The molecule has 0 aromatic carbocycles. The van der Waals surface area contributed by atoms with Gasteiger partial charge in [0.05, 0.1) is 12.5 Å². The summed E-state index contributed by atoms with van der Waals surface area (Å²) in [5.74, 6) is 1.30. The molecule has 96 valence electrons. The largest absolute Gasteiger partial charge is 0.393 e. The Bertz CT molecular complexity index is 351. The van der Waals surface area contributed by atoms with Gasteiger partial charge < -0.3 is 14.5 Å². The molecule has 5 heteroatoms. The highest BCUT2D eigenvalue weighted by Crippen LogP contribution is 2.18. The van der Waals surface area contributed by atoms with Crippen molar-refractivity contribution in [2.24, 2.45) is 0 Å². The number of nitrogens with zero attached hydrogens (tertiary/aromatic N) is 3. The summed E-state index contributed by atoms with van der Waals surface area (Å²) in [5.41, 5.74) is 0. The van der Waals surface area contributed by atoms with Crippen LogP contribution in [0.1, 0.15) is 37.9 Å². The lowest BCUT2D eigenvalue weighted by Crippen LogP contribution is -2.37. The first-order valence-corrected chi connectivity index (χ1v) is 6.35. The molecule has 1 fully saturated rings. The van der Waals surface area contributed by atoms with Gasteiger partial charge in [-0.25, -0.2) is 0 Å². The van der Waals surface area contributed by atoms with Crippen molar-refractivity contribution in [1.29, 1.82) is 0 Å². The molecule has 0 saturated carbocycles. The van der Waals surface area contributed by atoms with E-state index in [9.17, 15) is 5.11 Å². The quantitative estimate of drug-likeness (QED) is 0.850. The molecule has 1 saturated heterocycles. The summed E-state index contributed by atoms with van der Waals surface area (Å²) >= 11 is 0. The Morgan fingerprint density at radius 3 is 3.06 bits per heavy atom. The number of likely N-dealkylation sites (tertiary alicyclic amines) is 1. The Kier molecular flexibility index (Phi) is 4.12. The summed E-state index contributed by atoms with van der Waals surface area (Å²) in [6.07, 6.45) is 4.63. The molecule has 0 spiro atoms. The Morgan fingerprint density at radius 2 is 2.35 bits per heavy atom. The molecule has 0 amide bonds. The van der Waals surface area contributed by atoms with Crippen LogP contribution in [0.15, 0.2) is 4.52 Å². The third kappa shape index (κ3) is 3.51. The van der Waals surface area contributed by atoms with Crippen LogP contribution < -0.4 is 0 Å². The minimum absolute atomic E-state index is 0.430. The van der Waals surface area contributed by atoms with Crippen molar-refractivity contribution < 1.29 is 9.63 Å². The van der Waals surface area contributed by atoms with Crippen LogP contribution >= 0.6 is 0 Å². The highest BCUT2D eigenvalue weighted by Gasteiger charge is 2.21. The van der Waals surface area contributed by atoms with Gasteiger partial charge in [-0.3, -0.25) is 0 Å². The fourth-order valence-corrected chi connectivity index (χ4v) is 2.32. The van der Waals surface area contributed by atoms with Crippen LogP contribution in [0.4, 0.5) is 0 Å². The Morgan fingerprint density at radius 1 is 1.53 bits per heavy atom. The fraction of sp³-hybridized carbons (Fsp3) is 0.833. The Hall–Kier alpha value is -0.940.